The largest absolute Gasteiger partial charge is 0.292 e. The van der Waals surface area contributed by atoms with Crippen LogP contribution in [0.1, 0.15) is 84.0 Å². The monoisotopic (exact) mass is 256 g/mol. The topological polar surface area (TPSA) is 17.1 Å². The first-order valence-electron chi connectivity index (χ1n) is 7.56. The minimum atomic E-state index is -0.790. The zero-order valence-electron chi connectivity index (χ0n) is 12.0. The number of carbonyl (C=O) groups is 1. The van der Waals surface area contributed by atoms with E-state index < -0.39 is 11.6 Å². The molecule has 0 fully saturated rings. The normalized spacial score (nSPS) is 10.6. The number of halogens is 1. The number of ketones is 1. The van der Waals surface area contributed by atoms with Gasteiger partial charge in [0.15, 0.2) is 11.6 Å². The van der Waals surface area contributed by atoms with Crippen molar-refractivity contribution in [3.63, 3.8) is 0 Å². The van der Waals surface area contributed by atoms with Crippen LogP contribution in [0.2, 0.25) is 0 Å². The van der Waals surface area contributed by atoms with E-state index in [9.17, 15) is 9.18 Å². The maximum absolute atomic E-state index is 12.4. The molecular weight excluding hydrogens is 227 g/mol. The van der Waals surface area contributed by atoms with Crippen molar-refractivity contribution < 1.29 is 9.18 Å². The number of hydrogen-bond donors (Lipinski definition) is 0. The Morgan fingerprint density at radius 2 is 1.22 bits per heavy atom. The molecule has 0 unspecified atom stereocenters. The van der Waals surface area contributed by atoms with Crippen LogP contribution in [0.15, 0.2) is 12.4 Å². The molecule has 0 aromatic rings. The number of Topliss-reactive ketones (excluding diaryl/α,β-unsaturated/α-hetero) is 1. The van der Waals surface area contributed by atoms with Crippen LogP contribution >= 0.6 is 0 Å². The fourth-order valence-electron chi connectivity index (χ4n) is 2.09. The number of rotatable bonds is 13. The summed E-state index contributed by atoms with van der Waals surface area (Å²) in [7, 11) is 0. The molecular formula is C16H29FO. The molecule has 1 nitrogen and oxygen atoms in total. The van der Waals surface area contributed by atoms with Crippen molar-refractivity contribution in [1.29, 1.82) is 0 Å². The van der Waals surface area contributed by atoms with Crippen molar-refractivity contribution in [2.24, 2.45) is 0 Å². The summed E-state index contributed by atoms with van der Waals surface area (Å²) in [6.07, 6.45) is 14.0. The quantitative estimate of drug-likeness (QED) is 0.303. The second-order valence-corrected chi connectivity index (χ2v) is 5.11. The molecule has 0 amide bonds. The van der Waals surface area contributed by atoms with Crippen molar-refractivity contribution in [3.8, 4) is 0 Å². The van der Waals surface area contributed by atoms with E-state index in [2.05, 4.69) is 13.5 Å². The Hall–Kier alpha value is -0.660. The summed E-state index contributed by atoms with van der Waals surface area (Å²) in [5.74, 6) is -1.21. The smallest absolute Gasteiger partial charge is 0.190 e. The van der Waals surface area contributed by atoms with Gasteiger partial charge in [-0.15, -0.1) is 0 Å². The molecule has 0 aliphatic rings. The minimum absolute atomic E-state index is 0.326. The van der Waals surface area contributed by atoms with Gasteiger partial charge in [0.1, 0.15) is 0 Å². The zero-order valence-corrected chi connectivity index (χ0v) is 12.0. The summed E-state index contributed by atoms with van der Waals surface area (Å²) in [5.41, 5.74) is 0. The predicted octanol–water partition coefficient (Wildman–Crippen LogP) is 5.74. The Labute approximate surface area is 112 Å². The molecule has 0 radical (unpaired) electrons. The Kier molecular flexibility index (Phi) is 12.3. The lowest BCUT2D eigenvalue weighted by Gasteiger charge is -2.02. The lowest BCUT2D eigenvalue weighted by Crippen LogP contribution is -1.96. The molecule has 0 aliphatic heterocycles. The second-order valence-electron chi connectivity index (χ2n) is 5.11. The molecule has 18 heavy (non-hydrogen) atoms. The van der Waals surface area contributed by atoms with Gasteiger partial charge in [0, 0.05) is 6.42 Å². The highest BCUT2D eigenvalue weighted by atomic mass is 19.1. The zero-order chi connectivity index (χ0) is 13.6. The van der Waals surface area contributed by atoms with Crippen molar-refractivity contribution >= 4 is 5.78 Å². The van der Waals surface area contributed by atoms with E-state index in [4.69, 9.17) is 0 Å². The van der Waals surface area contributed by atoms with Gasteiger partial charge >= 0.3 is 0 Å². The van der Waals surface area contributed by atoms with Crippen LogP contribution in [0.5, 0.6) is 0 Å². The summed E-state index contributed by atoms with van der Waals surface area (Å²) in [6.45, 7) is 5.25. The summed E-state index contributed by atoms with van der Waals surface area (Å²) in [5, 5.41) is 0. The molecule has 0 saturated heterocycles. The molecule has 0 N–H and O–H groups in total. The Morgan fingerprint density at radius 3 is 1.61 bits per heavy atom. The molecule has 2 heteroatoms. The minimum Gasteiger partial charge on any atom is -0.292 e. The van der Waals surface area contributed by atoms with Crippen LogP contribution in [-0.4, -0.2) is 5.78 Å². The molecule has 0 spiro atoms. The Balaban J connectivity index is 3.07. The number of carbonyl (C=O) groups excluding carboxylic acids is 1. The average Bonchev–Trinajstić information content (AvgIpc) is 2.35. The van der Waals surface area contributed by atoms with Crippen molar-refractivity contribution in [2.45, 2.75) is 84.0 Å². The van der Waals surface area contributed by atoms with Gasteiger partial charge in [0.05, 0.1) is 0 Å². The van der Waals surface area contributed by atoms with Crippen LogP contribution < -0.4 is 0 Å². The third-order valence-electron chi connectivity index (χ3n) is 3.31. The summed E-state index contributed by atoms with van der Waals surface area (Å²) < 4.78 is 12.4. The van der Waals surface area contributed by atoms with Gasteiger partial charge in [-0.2, -0.15) is 0 Å². The fraction of sp³-hybridized carbons (Fsp3) is 0.812. The van der Waals surface area contributed by atoms with Gasteiger partial charge in [-0.1, -0.05) is 77.7 Å². The van der Waals surface area contributed by atoms with E-state index in [0.29, 0.717) is 6.42 Å². The molecule has 0 rings (SSSR count). The lowest BCUT2D eigenvalue weighted by atomic mass is 10.0. The first kappa shape index (κ1) is 17.3. The van der Waals surface area contributed by atoms with Crippen LogP contribution in [0, 0.1) is 0 Å². The summed E-state index contributed by atoms with van der Waals surface area (Å²) >= 11 is 0. The SMILES string of the molecule is C=C(F)C(=O)CCCCCCCCCCCCC. The van der Waals surface area contributed by atoms with Gasteiger partial charge in [-0.25, -0.2) is 4.39 Å². The first-order chi connectivity index (χ1) is 8.68. The van der Waals surface area contributed by atoms with Crippen molar-refractivity contribution in [1.82, 2.24) is 0 Å². The lowest BCUT2D eigenvalue weighted by molar-refractivity contribution is -0.117. The average molecular weight is 256 g/mol. The summed E-state index contributed by atoms with van der Waals surface area (Å²) in [6, 6.07) is 0. The molecule has 0 saturated carbocycles. The number of unbranched alkanes of at least 4 members (excludes halogenated alkanes) is 10. The van der Waals surface area contributed by atoms with E-state index >= 15 is 0 Å². The standard InChI is InChI=1S/C16H29FO/c1-3-4-5-6-7-8-9-10-11-12-13-14-16(18)15(2)17/h2-14H2,1H3. The highest BCUT2D eigenvalue weighted by Gasteiger charge is 2.04. The molecule has 0 aliphatic carbocycles. The van der Waals surface area contributed by atoms with Gasteiger partial charge < -0.3 is 0 Å². The van der Waals surface area contributed by atoms with Gasteiger partial charge in [0.2, 0.25) is 0 Å². The molecule has 0 atom stereocenters. The van der Waals surface area contributed by atoms with Crippen LogP contribution in [-0.2, 0) is 4.79 Å². The van der Waals surface area contributed by atoms with E-state index in [-0.39, 0.29) is 0 Å². The summed E-state index contributed by atoms with van der Waals surface area (Å²) in [4.78, 5) is 10.9. The van der Waals surface area contributed by atoms with Gasteiger partial charge in [0.25, 0.3) is 0 Å². The molecule has 0 aromatic heterocycles. The van der Waals surface area contributed by atoms with Crippen molar-refractivity contribution in [3.05, 3.63) is 12.4 Å². The highest BCUT2D eigenvalue weighted by Crippen LogP contribution is 2.12. The molecule has 0 aromatic carbocycles. The third kappa shape index (κ3) is 11.8. The Morgan fingerprint density at radius 1 is 0.833 bits per heavy atom. The van der Waals surface area contributed by atoms with Crippen LogP contribution in [0.3, 0.4) is 0 Å². The van der Waals surface area contributed by atoms with Crippen molar-refractivity contribution in [2.75, 3.05) is 0 Å². The number of hydrogen-bond acceptors (Lipinski definition) is 1. The third-order valence-corrected chi connectivity index (χ3v) is 3.31. The van der Waals surface area contributed by atoms with E-state index in [1.165, 1.54) is 57.8 Å². The van der Waals surface area contributed by atoms with Gasteiger partial charge in [-0.05, 0) is 6.42 Å². The molecule has 0 bridgehead atoms. The van der Waals surface area contributed by atoms with Gasteiger partial charge in [-0.3, -0.25) is 4.79 Å². The van der Waals surface area contributed by atoms with E-state index in [1.807, 2.05) is 0 Å². The maximum atomic E-state index is 12.4. The number of allylic oxidation sites excluding steroid dienone is 1. The van der Waals surface area contributed by atoms with E-state index in [1.54, 1.807) is 0 Å². The van der Waals surface area contributed by atoms with Crippen LogP contribution in [0.4, 0.5) is 4.39 Å². The second kappa shape index (κ2) is 12.8. The van der Waals surface area contributed by atoms with E-state index in [0.717, 1.165) is 12.8 Å². The Bertz CT molecular complexity index is 223. The highest BCUT2D eigenvalue weighted by molar-refractivity contribution is 5.92. The molecule has 106 valence electrons. The maximum Gasteiger partial charge on any atom is 0.190 e. The first-order valence-corrected chi connectivity index (χ1v) is 7.56. The fourth-order valence-corrected chi connectivity index (χ4v) is 2.09. The predicted molar refractivity (Wildman–Crippen MR) is 76.3 cm³/mol. The van der Waals surface area contributed by atoms with Crippen LogP contribution in [0.25, 0.3) is 0 Å². The molecule has 0 heterocycles.